The third-order valence-corrected chi connectivity index (χ3v) is 4.01. The van der Waals surface area contributed by atoms with Gasteiger partial charge in [-0.2, -0.15) is 0 Å². The van der Waals surface area contributed by atoms with Gasteiger partial charge in [0.05, 0.1) is 12.2 Å². The highest BCUT2D eigenvalue weighted by Gasteiger charge is 2.48. The van der Waals surface area contributed by atoms with Crippen molar-refractivity contribution in [3.8, 4) is 0 Å². The van der Waals surface area contributed by atoms with Gasteiger partial charge in [-0.05, 0) is 17.8 Å². The first-order valence-corrected chi connectivity index (χ1v) is 6.19. The summed E-state index contributed by atoms with van der Waals surface area (Å²) < 4.78 is 5.32. The van der Waals surface area contributed by atoms with Gasteiger partial charge < -0.3 is 9.84 Å². The van der Waals surface area contributed by atoms with Gasteiger partial charge >= 0.3 is 0 Å². The molecule has 4 atom stereocenters. The zero-order chi connectivity index (χ0) is 13.2. The van der Waals surface area contributed by atoms with Gasteiger partial charge in [0, 0.05) is 19.4 Å². The lowest BCUT2D eigenvalue weighted by Gasteiger charge is -2.47. The molecular weight excluding hydrogens is 216 g/mol. The number of aliphatic hydroxyl groups is 1. The molecule has 1 rings (SSSR count). The van der Waals surface area contributed by atoms with Crippen LogP contribution in [-0.4, -0.2) is 30.2 Å². The number of methoxy groups -OCH3 is 1. The average Bonchev–Trinajstić information content (AvgIpc) is 2.23. The van der Waals surface area contributed by atoms with E-state index in [4.69, 9.17) is 4.74 Å². The molecule has 1 fully saturated rings. The molecule has 1 N–H and O–H groups in total. The molecule has 0 aromatic heterocycles. The highest BCUT2D eigenvalue weighted by Crippen LogP contribution is 2.45. The van der Waals surface area contributed by atoms with Crippen molar-refractivity contribution in [1.29, 1.82) is 0 Å². The van der Waals surface area contributed by atoms with Crippen molar-refractivity contribution in [2.24, 2.45) is 17.3 Å². The Morgan fingerprint density at radius 2 is 2.18 bits per heavy atom. The summed E-state index contributed by atoms with van der Waals surface area (Å²) in [5.41, 5.74) is -0.139. The molecule has 17 heavy (non-hydrogen) atoms. The van der Waals surface area contributed by atoms with Crippen LogP contribution in [0.2, 0.25) is 0 Å². The van der Waals surface area contributed by atoms with Gasteiger partial charge in [-0.15, -0.1) is 6.58 Å². The molecular formula is C14H24O3. The van der Waals surface area contributed by atoms with Gasteiger partial charge in [0.25, 0.3) is 0 Å². The Hall–Kier alpha value is -0.670. The molecule has 0 aromatic carbocycles. The van der Waals surface area contributed by atoms with Crippen molar-refractivity contribution in [2.75, 3.05) is 7.11 Å². The number of rotatable bonds is 4. The van der Waals surface area contributed by atoms with Crippen molar-refractivity contribution < 1.29 is 14.6 Å². The van der Waals surface area contributed by atoms with Crippen LogP contribution in [-0.2, 0) is 9.53 Å². The molecule has 4 unspecified atom stereocenters. The van der Waals surface area contributed by atoms with Crippen LogP contribution in [0, 0.1) is 17.3 Å². The maximum absolute atomic E-state index is 12.1. The molecule has 0 radical (unpaired) electrons. The summed E-state index contributed by atoms with van der Waals surface area (Å²) in [5.74, 6) is -0.0239. The number of allylic oxidation sites excluding steroid dienone is 1. The Morgan fingerprint density at radius 3 is 2.65 bits per heavy atom. The van der Waals surface area contributed by atoms with E-state index in [1.807, 2.05) is 6.92 Å². The monoisotopic (exact) mass is 240 g/mol. The summed E-state index contributed by atoms with van der Waals surface area (Å²) in [7, 11) is 1.61. The SMILES string of the molecule is C=CCC(=O)C1C(C)C(O)C(OC)CC1(C)C. The molecule has 0 bridgehead atoms. The fourth-order valence-corrected chi connectivity index (χ4v) is 3.23. The standard InChI is InChI=1S/C14H24O3/c1-6-7-10(15)12-9(2)13(16)11(17-5)8-14(12,3)4/h6,9,11-13,16H,1,7-8H2,2-5H3. The van der Waals surface area contributed by atoms with Gasteiger partial charge in [-0.1, -0.05) is 26.8 Å². The molecule has 0 aromatic rings. The fourth-order valence-electron chi connectivity index (χ4n) is 3.23. The minimum Gasteiger partial charge on any atom is -0.390 e. The Kier molecular flexibility index (Phi) is 4.50. The zero-order valence-corrected chi connectivity index (χ0v) is 11.3. The van der Waals surface area contributed by atoms with E-state index in [2.05, 4.69) is 20.4 Å². The number of ether oxygens (including phenoxy) is 1. The first-order valence-electron chi connectivity index (χ1n) is 6.19. The van der Waals surface area contributed by atoms with Crippen LogP contribution >= 0.6 is 0 Å². The van der Waals surface area contributed by atoms with Gasteiger partial charge in [-0.25, -0.2) is 0 Å². The number of ketones is 1. The number of carbonyl (C=O) groups is 1. The van der Waals surface area contributed by atoms with Crippen LogP contribution in [0.1, 0.15) is 33.6 Å². The van der Waals surface area contributed by atoms with Crippen LogP contribution in [0.15, 0.2) is 12.7 Å². The molecule has 0 aliphatic heterocycles. The molecule has 0 spiro atoms. The molecule has 1 saturated carbocycles. The zero-order valence-electron chi connectivity index (χ0n) is 11.3. The molecule has 0 amide bonds. The normalized spacial score (nSPS) is 36.5. The number of hydrogen-bond acceptors (Lipinski definition) is 3. The van der Waals surface area contributed by atoms with Crippen molar-refractivity contribution in [1.82, 2.24) is 0 Å². The van der Waals surface area contributed by atoms with Gasteiger partial charge in [-0.3, -0.25) is 4.79 Å². The highest BCUT2D eigenvalue weighted by atomic mass is 16.5. The average molecular weight is 240 g/mol. The van der Waals surface area contributed by atoms with E-state index in [1.165, 1.54) is 0 Å². The van der Waals surface area contributed by atoms with Gasteiger partial charge in [0.2, 0.25) is 0 Å². The van der Waals surface area contributed by atoms with Crippen molar-refractivity contribution in [3.63, 3.8) is 0 Å². The van der Waals surface area contributed by atoms with E-state index in [9.17, 15) is 9.90 Å². The summed E-state index contributed by atoms with van der Waals surface area (Å²) in [4.78, 5) is 12.1. The quantitative estimate of drug-likeness (QED) is 0.766. The largest absolute Gasteiger partial charge is 0.390 e. The first-order chi connectivity index (χ1) is 7.85. The second-order valence-electron chi connectivity index (χ2n) is 5.75. The maximum Gasteiger partial charge on any atom is 0.140 e. The molecule has 98 valence electrons. The van der Waals surface area contributed by atoms with Crippen LogP contribution in [0.3, 0.4) is 0 Å². The lowest BCUT2D eigenvalue weighted by Crippen LogP contribution is -2.52. The summed E-state index contributed by atoms with van der Waals surface area (Å²) in [6, 6.07) is 0. The van der Waals surface area contributed by atoms with E-state index in [1.54, 1.807) is 13.2 Å². The summed E-state index contributed by atoms with van der Waals surface area (Å²) in [6.07, 6.45) is 1.99. The molecule has 0 heterocycles. The summed E-state index contributed by atoms with van der Waals surface area (Å²) in [5, 5.41) is 10.2. The Morgan fingerprint density at radius 1 is 1.59 bits per heavy atom. The van der Waals surface area contributed by atoms with Crippen LogP contribution in [0.25, 0.3) is 0 Å². The third-order valence-electron chi connectivity index (χ3n) is 4.01. The lowest BCUT2D eigenvalue weighted by molar-refractivity contribution is -0.150. The van der Waals surface area contributed by atoms with E-state index in [-0.39, 0.29) is 29.1 Å². The number of carbonyl (C=O) groups excluding carboxylic acids is 1. The van der Waals surface area contributed by atoms with E-state index >= 15 is 0 Å². The topological polar surface area (TPSA) is 46.5 Å². The Balaban J connectivity index is 2.95. The molecule has 1 aliphatic rings. The second-order valence-corrected chi connectivity index (χ2v) is 5.75. The minimum atomic E-state index is -0.563. The van der Waals surface area contributed by atoms with E-state index in [0.717, 1.165) is 0 Å². The molecule has 1 aliphatic carbocycles. The number of hydrogen-bond donors (Lipinski definition) is 1. The van der Waals surface area contributed by atoms with Gasteiger partial charge in [0.1, 0.15) is 5.78 Å². The van der Waals surface area contributed by atoms with Crippen LogP contribution < -0.4 is 0 Å². The van der Waals surface area contributed by atoms with Crippen LogP contribution in [0.4, 0.5) is 0 Å². The maximum atomic E-state index is 12.1. The summed E-state index contributed by atoms with van der Waals surface area (Å²) >= 11 is 0. The molecule has 3 heteroatoms. The number of Topliss-reactive ketones (excluding diaryl/α,β-unsaturated/α-hetero) is 1. The fraction of sp³-hybridized carbons (Fsp3) is 0.786. The van der Waals surface area contributed by atoms with Crippen LogP contribution in [0.5, 0.6) is 0 Å². The van der Waals surface area contributed by atoms with Crippen molar-refractivity contribution >= 4 is 5.78 Å². The van der Waals surface area contributed by atoms with E-state index < -0.39 is 6.10 Å². The predicted octanol–water partition coefficient (Wildman–Crippen LogP) is 2.19. The minimum absolute atomic E-state index is 0.0730. The van der Waals surface area contributed by atoms with E-state index in [0.29, 0.717) is 12.8 Å². The second kappa shape index (κ2) is 5.32. The lowest BCUT2D eigenvalue weighted by atomic mass is 9.60. The predicted molar refractivity (Wildman–Crippen MR) is 67.7 cm³/mol. The smallest absolute Gasteiger partial charge is 0.140 e. The highest BCUT2D eigenvalue weighted by molar-refractivity contribution is 5.83. The van der Waals surface area contributed by atoms with Gasteiger partial charge in [0.15, 0.2) is 0 Å². The Labute approximate surface area is 104 Å². The molecule has 0 saturated heterocycles. The first kappa shape index (κ1) is 14.4. The Bertz CT molecular complexity index is 296. The molecule has 3 nitrogen and oxygen atoms in total. The number of aliphatic hydroxyl groups excluding tert-OH is 1. The van der Waals surface area contributed by atoms with Crippen molar-refractivity contribution in [2.45, 2.75) is 45.8 Å². The third kappa shape index (κ3) is 2.78. The summed E-state index contributed by atoms with van der Waals surface area (Å²) in [6.45, 7) is 9.70. The van der Waals surface area contributed by atoms with Crippen molar-refractivity contribution in [3.05, 3.63) is 12.7 Å².